The highest BCUT2D eigenvalue weighted by atomic mass is 33.1. The van der Waals surface area contributed by atoms with Crippen molar-refractivity contribution in [2.24, 2.45) is 9.39 Å². The Kier molecular flexibility index (Phi) is 4.74. The average molecular weight is 384 g/mol. The molecule has 2 aromatic carbocycles. The van der Waals surface area contributed by atoms with Crippen LogP contribution in [0.15, 0.2) is 57.9 Å². The third-order valence-corrected chi connectivity index (χ3v) is 7.17. The first kappa shape index (κ1) is 17.2. The fourth-order valence-corrected chi connectivity index (χ4v) is 5.86. The van der Waals surface area contributed by atoms with Crippen molar-refractivity contribution in [1.29, 1.82) is 0 Å². The van der Waals surface area contributed by atoms with Crippen LogP contribution in [-0.4, -0.2) is 22.8 Å². The van der Waals surface area contributed by atoms with E-state index in [0.29, 0.717) is 0 Å². The average Bonchev–Trinajstić information content (AvgIpc) is 3.15. The molecule has 0 aliphatic carbocycles. The number of hydrogen-bond donors (Lipinski definition) is 2. The number of hydrogen-bond acceptors (Lipinski definition) is 5. The molecule has 26 heavy (non-hydrogen) atoms. The van der Waals surface area contributed by atoms with E-state index >= 15 is 0 Å². The topological polar surface area (TPSA) is 52.0 Å². The third-order valence-electron chi connectivity index (χ3n) is 4.02. The Labute approximate surface area is 160 Å². The molecule has 4 rings (SSSR count). The fourth-order valence-electron chi connectivity index (χ4n) is 2.67. The molecule has 134 valence electrons. The van der Waals surface area contributed by atoms with Crippen LogP contribution in [0, 0.1) is 13.8 Å². The predicted octanol–water partition coefficient (Wildman–Crippen LogP) is 4.49. The van der Waals surface area contributed by atoms with Crippen LogP contribution in [0.5, 0.6) is 0 Å². The second kappa shape index (κ2) is 7.17. The lowest BCUT2D eigenvalue weighted by Gasteiger charge is -2.24. The third kappa shape index (κ3) is 3.37. The first-order valence-corrected chi connectivity index (χ1v) is 11.1. The van der Waals surface area contributed by atoms with Crippen molar-refractivity contribution in [3.63, 3.8) is 0 Å². The van der Waals surface area contributed by atoms with E-state index in [1.807, 2.05) is 6.92 Å². The summed E-state index contributed by atoms with van der Waals surface area (Å²) in [5.41, 5.74) is 4.60. The van der Waals surface area contributed by atoms with Crippen molar-refractivity contribution in [2.75, 3.05) is 16.8 Å². The molecule has 0 spiro atoms. The van der Waals surface area contributed by atoms with Crippen molar-refractivity contribution in [1.82, 2.24) is 5.32 Å². The number of nitrogens with zero attached hydrogens (tertiary/aromatic N) is 3. The summed E-state index contributed by atoms with van der Waals surface area (Å²) in [7, 11) is 1.38. The Morgan fingerprint density at radius 2 is 1.73 bits per heavy atom. The van der Waals surface area contributed by atoms with Crippen molar-refractivity contribution < 1.29 is 0 Å². The summed E-state index contributed by atoms with van der Waals surface area (Å²) in [5, 5.41) is 8.95. The first-order valence-electron chi connectivity index (χ1n) is 8.54. The standard InChI is InChI=1S/C19H21N5S2/c1-4-20-18-22-19-24(16-11-7-14(3)8-12-16)17(23-26(19)25-18)21-15-9-5-13(2)6-10-15/h5-12H,4H2,1-3H3,(H,20,22)(H,21,23). The van der Waals surface area contributed by atoms with Crippen molar-refractivity contribution in [3.05, 3.63) is 59.7 Å². The Morgan fingerprint density at radius 3 is 2.38 bits per heavy atom. The molecule has 0 radical (unpaired) electrons. The molecule has 1 atom stereocenters. The van der Waals surface area contributed by atoms with Gasteiger partial charge in [-0.25, -0.2) is 0 Å². The highest BCUT2D eigenvalue weighted by Gasteiger charge is 2.34. The molecule has 2 N–H and O–H groups in total. The Morgan fingerprint density at radius 1 is 1.08 bits per heavy atom. The van der Waals surface area contributed by atoms with E-state index < -0.39 is 0 Å². The highest BCUT2D eigenvalue weighted by Crippen LogP contribution is 2.44. The van der Waals surface area contributed by atoms with Gasteiger partial charge in [0.1, 0.15) is 0 Å². The summed E-state index contributed by atoms with van der Waals surface area (Å²) in [6.45, 7) is 7.00. The molecule has 0 saturated carbocycles. The first-order chi connectivity index (χ1) is 12.6. The smallest absolute Gasteiger partial charge is 0.221 e. The Balaban J connectivity index is 1.67. The van der Waals surface area contributed by atoms with Crippen molar-refractivity contribution in [3.8, 4) is 0 Å². The molecule has 5 nitrogen and oxygen atoms in total. The zero-order valence-corrected chi connectivity index (χ0v) is 16.6. The number of nitrogens with one attached hydrogen (secondary N) is 2. The summed E-state index contributed by atoms with van der Waals surface area (Å²) >= 11 is 0. The number of amidine groups is 1. The van der Waals surface area contributed by atoms with Gasteiger partial charge in [-0.05, 0) is 45.0 Å². The maximum atomic E-state index is 4.92. The summed E-state index contributed by atoms with van der Waals surface area (Å²) in [5.74, 6) is 0.839. The normalized spacial score (nSPS) is 20.2. The van der Waals surface area contributed by atoms with Gasteiger partial charge in [-0.1, -0.05) is 35.4 Å². The van der Waals surface area contributed by atoms with Crippen LogP contribution in [0.25, 0.3) is 0 Å². The summed E-state index contributed by atoms with van der Waals surface area (Å²) in [4.78, 5) is 6.67. The number of rotatable bonds is 3. The van der Waals surface area contributed by atoms with E-state index in [0.717, 1.165) is 34.2 Å². The molecule has 2 aliphatic rings. The molecule has 2 aliphatic heterocycles. The van der Waals surface area contributed by atoms with Crippen LogP contribution in [0.2, 0.25) is 0 Å². The fraction of sp³-hybridized carbons (Fsp3) is 0.211. The van der Waals surface area contributed by atoms with E-state index in [1.165, 1.54) is 11.1 Å². The van der Waals surface area contributed by atoms with Gasteiger partial charge in [0, 0.05) is 32.7 Å². The summed E-state index contributed by atoms with van der Waals surface area (Å²) in [6, 6.07) is 16.9. The largest absolute Gasteiger partial charge is 0.325 e. The van der Waals surface area contributed by atoms with Crippen LogP contribution in [0.1, 0.15) is 18.1 Å². The number of aliphatic imine (C=N–C) groups is 1. The molecular formula is C19H21N5S2. The lowest BCUT2D eigenvalue weighted by atomic mass is 10.2. The van der Waals surface area contributed by atoms with Crippen LogP contribution >= 0.6 is 20.5 Å². The molecule has 2 heterocycles. The maximum absolute atomic E-state index is 4.92. The van der Waals surface area contributed by atoms with Gasteiger partial charge in [-0.2, -0.15) is 4.40 Å². The van der Waals surface area contributed by atoms with Gasteiger partial charge in [0.25, 0.3) is 0 Å². The van der Waals surface area contributed by atoms with E-state index in [9.17, 15) is 0 Å². The van der Waals surface area contributed by atoms with Crippen LogP contribution < -0.4 is 15.5 Å². The van der Waals surface area contributed by atoms with E-state index in [4.69, 9.17) is 4.40 Å². The van der Waals surface area contributed by atoms with Gasteiger partial charge < -0.3 is 10.6 Å². The second-order valence-corrected chi connectivity index (χ2v) is 9.19. The summed E-state index contributed by atoms with van der Waals surface area (Å²) < 4.78 is 4.92. The lowest BCUT2D eigenvalue weighted by Crippen LogP contribution is -2.45. The number of guanidine groups is 1. The van der Waals surface area contributed by atoms with Crippen molar-refractivity contribution in [2.45, 2.75) is 20.8 Å². The van der Waals surface area contributed by atoms with E-state index in [2.05, 4.69) is 82.9 Å². The zero-order chi connectivity index (χ0) is 18.1. The molecule has 0 aromatic heterocycles. The SMILES string of the molecule is CCN=C1NC2=S(N=C(Nc3ccc(C)cc3)N2c2ccc(C)cc2)S1. The monoisotopic (exact) mass is 383 g/mol. The molecule has 0 saturated heterocycles. The Hall–Kier alpha value is -2.25. The van der Waals surface area contributed by atoms with Gasteiger partial charge in [0.05, 0.1) is 5.69 Å². The quantitative estimate of drug-likeness (QED) is 0.606. The molecule has 0 bridgehead atoms. The minimum absolute atomic E-state index is 0.301. The van der Waals surface area contributed by atoms with Crippen LogP contribution in [0.4, 0.5) is 11.4 Å². The minimum atomic E-state index is -0.301. The summed E-state index contributed by atoms with van der Waals surface area (Å²) in [6.07, 6.45) is 0. The molecular weight excluding hydrogens is 362 g/mol. The molecule has 7 heteroatoms. The molecule has 1 unspecified atom stereocenters. The van der Waals surface area contributed by atoms with Gasteiger partial charge >= 0.3 is 0 Å². The molecule has 0 amide bonds. The zero-order valence-electron chi connectivity index (χ0n) is 15.0. The van der Waals surface area contributed by atoms with Gasteiger partial charge in [0.15, 0.2) is 10.3 Å². The lowest BCUT2D eigenvalue weighted by molar-refractivity contribution is 1.12. The maximum Gasteiger partial charge on any atom is 0.221 e. The molecule has 0 fully saturated rings. The second-order valence-electron chi connectivity index (χ2n) is 6.12. The van der Waals surface area contributed by atoms with E-state index in [-0.39, 0.29) is 9.70 Å². The number of aryl methyl sites for hydroxylation is 2. The number of benzene rings is 2. The predicted molar refractivity (Wildman–Crippen MR) is 117 cm³/mol. The molecule has 2 aromatic rings. The minimum Gasteiger partial charge on any atom is -0.325 e. The highest BCUT2D eigenvalue weighted by molar-refractivity contribution is 8.89. The Bertz CT molecular complexity index is 914. The van der Waals surface area contributed by atoms with E-state index in [1.54, 1.807) is 10.8 Å². The van der Waals surface area contributed by atoms with Crippen molar-refractivity contribution >= 4 is 48.1 Å². The number of anilines is 2. The van der Waals surface area contributed by atoms with Crippen LogP contribution in [-0.2, 0) is 0 Å². The van der Waals surface area contributed by atoms with Gasteiger partial charge in [-0.3, -0.25) is 9.89 Å². The van der Waals surface area contributed by atoms with Gasteiger partial charge in [0.2, 0.25) is 5.96 Å². The van der Waals surface area contributed by atoms with Gasteiger partial charge in [-0.15, -0.1) is 0 Å². The van der Waals surface area contributed by atoms with Crippen LogP contribution in [0.3, 0.4) is 0 Å².